The van der Waals surface area contributed by atoms with Crippen molar-refractivity contribution >= 4 is 21.8 Å². The van der Waals surface area contributed by atoms with Crippen molar-refractivity contribution in [2.45, 2.75) is 24.8 Å². The van der Waals surface area contributed by atoms with Gasteiger partial charge >= 0.3 is 6.09 Å². The maximum absolute atomic E-state index is 12.8. The summed E-state index contributed by atoms with van der Waals surface area (Å²) in [6.07, 6.45) is 0.308. The Balaban J connectivity index is 1.85. The Kier molecular flexibility index (Phi) is 5.55. The lowest BCUT2D eigenvalue weighted by molar-refractivity contribution is 0.118. The van der Waals surface area contributed by atoms with Crippen LogP contribution in [0.5, 0.6) is 5.75 Å². The number of anilines is 1. The van der Waals surface area contributed by atoms with E-state index in [0.29, 0.717) is 37.6 Å². The summed E-state index contributed by atoms with van der Waals surface area (Å²) in [5, 5.41) is 0. The summed E-state index contributed by atoms with van der Waals surface area (Å²) in [5.74, 6) is 0.308. The Bertz CT molecular complexity index is 943. The first-order valence-corrected chi connectivity index (χ1v) is 10.1. The average molecular weight is 390 g/mol. The van der Waals surface area contributed by atoms with Gasteiger partial charge in [-0.25, -0.2) is 13.2 Å². The molecule has 0 bridgehead atoms. The van der Waals surface area contributed by atoms with Crippen LogP contribution in [0.2, 0.25) is 0 Å². The van der Waals surface area contributed by atoms with Crippen LogP contribution in [-0.4, -0.2) is 39.7 Å². The summed E-state index contributed by atoms with van der Waals surface area (Å²) in [6, 6.07) is 11.9. The van der Waals surface area contributed by atoms with E-state index in [1.807, 2.05) is 6.07 Å². The molecule has 1 heterocycles. The van der Waals surface area contributed by atoms with E-state index < -0.39 is 16.1 Å². The van der Waals surface area contributed by atoms with Gasteiger partial charge in [-0.3, -0.25) is 4.72 Å². The molecule has 0 unspecified atom stereocenters. The highest BCUT2D eigenvalue weighted by atomic mass is 32.2. The first-order chi connectivity index (χ1) is 12.9. The molecule has 144 valence electrons. The Morgan fingerprint density at radius 3 is 2.70 bits per heavy atom. The molecule has 2 aromatic rings. The number of nitrogens with zero attached hydrogens (tertiary/aromatic N) is 1. The van der Waals surface area contributed by atoms with Crippen LogP contribution in [0.25, 0.3) is 0 Å². The Hall–Kier alpha value is -2.74. The minimum Gasteiger partial charge on any atom is -0.492 e. The van der Waals surface area contributed by atoms with Gasteiger partial charge in [-0.1, -0.05) is 18.2 Å². The predicted octanol–water partition coefficient (Wildman–Crippen LogP) is 3.01. The average Bonchev–Trinajstić information content (AvgIpc) is 2.67. The van der Waals surface area contributed by atoms with E-state index in [4.69, 9.17) is 9.47 Å². The van der Waals surface area contributed by atoms with Crippen LogP contribution in [0.15, 0.2) is 47.4 Å². The lowest BCUT2D eigenvalue weighted by atomic mass is 9.99. The van der Waals surface area contributed by atoms with Gasteiger partial charge in [-0.05, 0) is 48.7 Å². The van der Waals surface area contributed by atoms with E-state index in [9.17, 15) is 13.2 Å². The maximum atomic E-state index is 12.8. The molecule has 1 N–H and O–H groups in total. The largest absolute Gasteiger partial charge is 0.492 e. The van der Waals surface area contributed by atoms with Crippen molar-refractivity contribution in [3.05, 3.63) is 53.6 Å². The second kappa shape index (κ2) is 7.87. The van der Waals surface area contributed by atoms with E-state index in [1.165, 1.54) is 13.2 Å². The summed E-state index contributed by atoms with van der Waals surface area (Å²) in [7, 11) is -2.46. The minimum atomic E-state index is -3.81. The van der Waals surface area contributed by atoms with Gasteiger partial charge in [0.1, 0.15) is 10.6 Å². The number of carbonyl (C=O) groups is 1. The number of methoxy groups -OCH3 is 1. The molecule has 8 heteroatoms. The third-order valence-electron chi connectivity index (χ3n) is 4.34. The number of hydrogen-bond donors (Lipinski definition) is 1. The van der Waals surface area contributed by atoms with Gasteiger partial charge in [-0.15, -0.1) is 0 Å². The zero-order valence-electron chi connectivity index (χ0n) is 15.3. The van der Waals surface area contributed by atoms with E-state index in [2.05, 4.69) is 4.72 Å². The molecule has 7 nitrogen and oxygen atoms in total. The molecule has 0 atom stereocenters. The first-order valence-electron chi connectivity index (χ1n) is 8.64. The summed E-state index contributed by atoms with van der Waals surface area (Å²) in [6.45, 7) is 3.13. The van der Waals surface area contributed by atoms with Gasteiger partial charge in [0.05, 0.1) is 13.7 Å². The number of ether oxygens (including phenoxy) is 2. The number of rotatable bonds is 5. The zero-order valence-corrected chi connectivity index (χ0v) is 16.1. The maximum Gasteiger partial charge on any atom is 0.409 e. The van der Waals surface area contributed by atoms with E-state index in [1.54, 1.807) is 42.2 Å². The molecule has 3 rings (SSSR count). The molecular weight excluding hydrogens is 368 g/mol. The number of amides is 1. The molecule has 0 saturated carbocycles. The molecular formula is C19H22N2O5S. The standard InChI is InChI=1S/C19H22N2O5S/c1-3-26-17-6-4-5-7-18(17)27(23,24)20-16-9-8-14-10-11-21(19(22)25-2)13-15(14)12-16/h4-9,12,20H,3,10-11,13H2,1-2H3. The van der Waals surface area contributed by atoms with Crippen molar-refractivity contribution < 1.29 is 22.7 Å². The topological polar surface area (TPSA) is 84.9 Å². The zero-order chi connectivity index (χ0) is 19.4. The van der Waals surface area contributed by atoms with Crippen LogP contribution in [0, 0.1) is 0 Å². The molecule has 0 aliphatic carbocycles. The fourth-order valence-corrected chi connectivity index (χ4v) is 4.26. The third-order valence-corrected chi connectivity index (χ3v) is 5.76. The smallest absolute Gasteiger partial charge is 0.409 e. The predicted molar refractivity (Wildman–Crippen MR) is 101 cm³/mol. The summed E-state index contributed by atoms with van der Waals surface area (Å²) < 4.78 is 38.4. The number of nitrogens with one attached hydrogen (secondary N) is 1. The fraction of sp³-hybridized carbons (Fsp3) is 0.316. The van der Waals surface area contributed by atoms with Crippen molar-refractivity contribution in [3.63, 3.8) is 0 Å². The summed E-state index contributed by atoms with van der Waals surface area (Å²) in [4.78, 5) is 13.4. The number of para-hydroxylation sites is 1. The van der Waals surface area contributed by atoms with Gasteiger partial charge in [0, 0.05) is 18.8 Å². The van der Waals surface area contributed by atoms with Crippen LogP contribution >= 0.6 is 0 Å². The number of fused-ring (bicyclic) bond motifs is 1. The second-order valence-electron chi connectivity index (χ2n) is 6.11. The van der Waals surface area contributed by atoms with Gasteiger partial charge in [0.2, 0.25) is 0 Å². The highest BCUT2D eigenvalue weighted by Gasteiger charge is 2.23. The van der Waals surface area contributed by atoms with Crippen molar-refractivity contribution in [1.29, 1.82) is 0 Å². The van der Waals surface area contributed by atoms with Crippen LogP contribution < -0.4 is 9.46 Å². The quantitative estimate of drug-likeness (QED) is 0.848. The molecule has 2 aromatic carbocycles. The van der Waals surface area contributed by atoms with Crippen molar-refractivity contribution in [2.24, 2.45) is 0 Å². The summed E-state index contributed by atoms with van der Waals surface area (Å²) in [5.41, 5.74) is 2.42. The number of hydrogen-bond acceptors (Lipinski definition) is 5. The molecule has 1 aliphatic rings. The molecule has 0 saturated heterocycles. The lowest BCUT2D eigenvalue weighted by Crippen LogP contribution is -2.35. The van der Waals surface area contributed by atoms with Gasteiger partial charge in [0.15, 0.2) is 0 Å². The van der Waals surface area contributed by atoms with Crippen LogP contribution in [0.3, 0.4) is 0 Å². The third kappa shape index (κ3) is 4.16. The van der Waals surface area contributed by atoms with Gasteiger partial charge in [-0.2, -0.15) is 0 Å². The van der Waals surface area contributed by atoms with Crippen molar-refractivity contribution in [2.75, 3.05) is 25.0 Å². The monoisotopic (exact) mass is 390 g/mol. The van der Waals surface area contributed by atoms with E-state index >= 15 is 0 Å². The molecule has 1 amide bonds. The first kappa shape index (κ1) is 19.0. The highest BCUT2D eigenvalue weighted by Crippen LogP contribution is 2.28. The van der Waals surface area contributed by atoms with E-state index in [-0.39, 0.29) is 4.90 Å². The van der Waals surface area contributed by atoms with Gasteiger partial charge in [0.25, 0.3) is 10.0 Å². The van der Waals surface area contributed by atoms with Crippen LogP contribution in [0.4, 0.5) is 10.5 Å². The number of sulfonamides is 1. The molecule has 0 fully saturated rings. The van der Waals surface area contributed by atoms with Gasteiger partial charge < -0.3 is 14.4 Å². The number of benzene rings is 2. The van der Waals surface area contributed by atoms with Crippen molar-refractivity contribution in [3.8, 4) is 5.75 Å². The Labute approximate surface area is 158 Å². The number of carbonyl (C=O) groups excluding carboxylic acids is 1. The Morgan fingerprint density at radius 2 is 1.96 bits per heavy atom. The van der Waals surface area contributed by atoms with Crippen LogP contribution in [-0.2, 0) is 27.7 Å². The minimum absolute atomic E-state index is 0.0840. The van der Waals surface area contributed by atoms with Crippen molar-refractivity contribution in [1.82, 2.24) is 4.90 Å². The molecule has 27 heavy (non-hydrogen) atoms. The second-order valence-corrected chi connectivity index (χ2v) is 7.76. The lowest BCUT2D eigenvalue weighted by Gasteiger charge is -2.28. The SMILES string of the molecule is CCOc1ccccc1S(=O)(=O)Nc1ccc2c(c1)CN(C(=O)OC)CC2. The molecule has 0 aromatic heterocycles. The summed E-state index contributed by atoms with van der Waals surface area (Å²) >= 11 is 0. The Morgan fingerprint density at radius 1 is 1.19 bits per heavy atom. The molecule has 0 radical (unpaired) electrons. The fourth-order valence-electron chi connectivity index (χ4n) is 3.06. The van der Waals surface area contributed by atoms with E-state index in [0.717, 1.165) is 11.1 Å². The highest BCUT2D eigenvalue weighted by molar-refractivity contribution is 7.92. The molecule has 1 aliphatic heterocycles. The van der Waals surface area contributed by atoms with Crippen LogP contribution in [0.1, 0.15) is 18.1 Å². The normalized spacial score (nSPS) is 13.6. The molecule has 0 spiro atoms.